The summed E-state index contributed by atoms with van der Waals surface area (Å²) in [6, 6.07) is 13.6. The molecule has 0 atom stereocenters. The molecule has 0 aliphatic carbocycles. The van der Waals surface area contributed by atoms with Crippen LogP contribution in [0.2, 0.25) is 0 Å². The Kier molecular flexibility index (Phi) is 6.61. The first-order valence-electron chi connectivity index (χ1n) is 8.02. The number of nitrogens with zero attached hydrogens (tertiary/aromatic N) is 1. The summed E-state index contributed by atoms with van der Waals surface area (Å²) in [5.74, 6) is -0.842. The van der Waals surface area contributed by atoms with Crippen LogP contribution >= 0.6 is 0 Å². The maximum atomic E-state index is 13.0. The topological polar surface area (TPSA) is 66.5 Å². The summed E-state index contributed by atoms with van der Waals surface area (Å²) in [6.07, 6.45) is -3.30. The Labute approximate surface area is 155 Å². The third-order valence-corrected chi connectivity index (χ3v) is 5.04. The van der Waals surface area contributed by atoms with Crippen LogP contribution in [-0.2, 0) is 27.4 Å². The highest BCUT2D eigenvalue weighted by molar-refractivity contribution is 7.88. The smallest absolute Gasteiger partial charge is 0.324 e. The number of carbonyl (C=O) groups is 1. The number of rotatable bonds is 7. The predicted molar refractivity (Wildman–Crippen MR) is 96.6 cm³/mol. The van der Waals surface area contributed by atoms with E-state index in [2.05, 4.69) is 5.32 Å². The van der Waals surface area contributed by atoms with E-state index in [1.165, 1.54) is 12.1 Å². The molecule has 9 heteroatoms. The zero-order chi connectivity index (χ0) is 20.1. The maximum absolute atomic E-state index is 13.0. The summed E-state index contributed by atoms with van der Waals surface area (Å²) in [6.45, 7) is -0.533. The molecule has 1 amide bonds. The van der Waals surface area contributed by atoms with E-state index in [-0.39, 0.29) is 6.54 Å². The molecule has 0 bridgehead atoms. The van der Waals surface area contributed by atoms with Crippen molar-refractivity contribution in [2.24, 2.45) is 0 Å². The van der Waals surface area contributed by atoms with Gasteiger partial charge < -0.3 is 5.32 Å². The lowest BCUT2D eigenvalue weighted by molar-refractivity contribution is -0.137. The number of amides is 1. The van der Waals surface area contributed by atoms with Crippen molar-refractivity contribution in [3.8, 4) is 0 Å². The zero-order valence-corrected chi connectivity index (χ0v) is 15.3. The fraction of sp³-hybridized carbons (Fsp3) is 0.278. The van der Waals surface area contributed by atoms with E-state index in [0.717, 1.165) is 28.3 Å². The summed E-state index contributed by atoms with van der Waals surface area (Å²) in [5.41, 5.74) is -0.519. The molecule has 0 aliphatic rings. The first kappa shape index (κ1) is 20.9. The van der Waals surface area contributed by atoms with Gasteiger partial charge in [-0.05, 0) is 24.1 Å². The molecule has 2 aromatic carbocycles. The highest BCUT2D eigenvalue weighted by Gasteiger charge is 2.33. The molecule has 0 saturated heterocycles. The van der Waals surface area contributed by atoms with Crippen molar-refractivity contribution in [3.05, 3.63) is 65.7 Å². The summed E-state index contributed by atoms with van der Waals surface area (Å²) < 4.78 is 63.8. The second kappa shape index (κ2) is 8.53. The fourth-order valence-corrected chi connectivity index (χ4v) is 3.22. The molecule has 0 aromatic heterocycles. The zero-order valence-electron chi connectivity index (χ0n) is 14.5. The highest BCUT2D eigenvalue weighted by atomic mass is 32.2. The summed E-state index contributed by atoms with van der Waals surface area (Å²) in [5, 5.41) is 2.15. The van der Waals surface area contributed by atoms with Crippen molar-refractivity contribution in [1.82, 2.24) is 4.31 Å². The van der Waals surface area contributed by atoms with E-state index in [1.807, 2.05) is 18.2 Å². The van der Waals surface area contributed by atoms with E-state index in [4.69, 9.17) is 0 Å². The van der Waals surface area contributed by atoms with Crippen molar-refractivity contribution >= 4 is 21.6 Å². The average molecular weight is 400 g/mol. The van der Waals surface area contributed by atoms with Crippen molar-refractivity contribution in [3.63, 3.8) is 0 Å². The van der Waals surface area contributed by atoms with Crippen LogP contribution in [0.5, 0.6) is 0 Å². The van der Waals surface area contributed by atoms with E-state index in [1.54, 1.807) is 12.1 Å². The Balaban J connectivity index is 2.09. The van der Waals surface area contributed by atoms with Crippen LogP contribution in [0.4, 0.5) is 18.9 Å². The monoisotopic (exact) mass is 400 g/mol. The minimum Gasteiger partial charge on any atom is -0.324 e. The maximum Gasteiger partial charge on any atom is 0.418 e. The molecule has 146 valence electrons. The third kappa shape index (κ3) is 6.37. The largest absolute Gasteiger partial charge is 0.418 e. The van der Waals surface area contributed by atoms with Crippen LogP contribution in [0, 0.1) is 0 Å². The van der Waals surface area contributed by atoms with Crippen LogP contribution < -0.4 is 5.32 Å². The molecule has 0 radical (unpaired) electrons. The second-order valence-corrected chi connectivity index (χ2v) is 7.91. The van der Waals surface area contributed by atoms with Gasteiger partial charge in [0.2, 0.25) is 15.9 Å². The van der Waals surface area contributed by atoms with Crippen LogP contribution in [0.3, 0.4) is 0 Å². The third-order valence-electron chi connectivity index (χ3n) is 3.79. The SMILES string of the molecule is CS(=O)(=O)N(CCc1ccccc1)CC(=O)Nc1ccccc1C(F)(F)F. The fourth-order valence-electron chi connectivity index (χ4n) is 2.45. The van der Waals surface area contributed by atoms with Crippen molar-refractivity contribution in [1.29, 1.82) is 0 Å². The number of hydrogen-bond donors (Lipinski definition) is 1. The van der Waals surface area contributed by atoms with Gasteiger partial charge in [0.25, 0.3) is 0 Å². The lowest BCUT2D eigenvalue weighted by Crippen LogP contribution is -2.38. The van der Waals surface area contributed by atoms with Crippen LogP contribution in [0.15, 0.2) is 54.6 Å². The summed E-state index contributed by atoms with van der Waals surface area (Å²) in [4.78, 5) is 12.2. The average Bonchev–Trinajstić information content (AvgIpc) is 2.58. The van der Waals surface area contributed by atoms with E-state index in [0.29, 0.717) is 6.42 Å². The number of para-hydroxylation sites is 1. The van der Waals surface area contributed by atoms with Gasteiger partial charge in [-0.1, -0.05) is 42.5 Å². The number of alkyl halides is 3. The molecule has 0 spiro atoms. The van der Waals surface area contributed by atoms with Gasteiger partial charge in [0.15, 0.2) is 0 Å². The Morgan fingerprint density at radius 1 is 1.04 bits per heavy atom. The molecular weight excluding hydrogens is 381 g/mol. The molecule has 0 unspecified atom stereocenters. The minimum atomic E-state index is -4.63. The van der Waals surface area contributed by atoms with E-state index >= 15 is 0 Å². The Morgan fingerprint density at radius 3 is 2.22 bits per heavy atom. The van der Waals surface area contributed by atoms with Gasteiger partial charge >= 0.3 is 6.18 Å². The predicted octanol–water partition coefficient (Wildman–Crippen LogP) is 3.15. The standard InChI is InChI=1S/C18H19F3N2O3S/c1-27(25,26)23(12-11-14-7-3-2-4-8-14)13-17(24)22-16-10-6-5-9-15(16)18(19,20)21/h2-10H,11-13H2,1H3,(H,22,24). The summed E-state index contributed by atoms with van der Waals surface area (Å²) >= 11 is 0. The lowest BCUT2D eigenvalue weighted by Gasteiger charge is -2.20. The number of halogens is 3. The van der Waals surface area contributed by atoms with Crippen LogP contribution in [0.25, 0.3) is 0 Å². The van der Waals surface area contributed by atoms with Gasteiger partial charge in [-0.3, -0.25) is 4.79 Å². The van der Waals surface area contributed by atoms with Crippen LogP contribution in [0.1, 0.15) is 11.1 Å². The second-order valence-electron chi connectivity index (χ2n) is 5.92. The molecule has 27 heavy (non-hydrogen) atoms. The Morgan fingerprint density at radius 2 is 1.63 bits per heavy atom. The molecular formula is C18H19F3N2O3S. The van der Waals surface area contributed by atoms with Crippen molar-refractivity contribution in [2.75, 3.05) is 24.7 Å². The van der Waals surface area contributed by atoms with Gasteiger partial charge in [0.1, 0.15) is 0 Å². The quantitative estimate of drug-likeness (QED) is 0.777. The van der Waals surface area contributed by atoms with Gasteiger partial charge in [-0.2, -0.15) is 17.5 Å². The molecule has 0 heterocycles. The molecule has 0 saturated carbocycles. The minimum absolute atomic E-state index is 0.0389. The molecule has 1 N–H and O–H groups in total. The number of nitrogens with one attached hydrogen (secondary N) is 1. The normalized spacial score (nSPS) is 12.2. The number of sulfonamides is 1. The molecule has 0 fully saturated rings. The molecule has 5 nitrogen and oxygen atoms in total. The number of carbonyl (C=O) groups excluding carboxylic acids is 1. The first-order chi connectivity index (χ1) is 12.6. The van der Waals surface area contributed by atoms with Gasteiger partial charge in [-0.15, -0.1) is 0 Å². The molecule has 2 rings (SSSR count). The van der Waals surface area contributed by atoms with E-state index < -0.39 is 39.9 Å². The molecule has 2 aromatic rings. The van der Waals surface area contributed by atoms with Gasteiger partial charge in [0, 0.05) is 6.54 Å². The van der Waals surface area contributed by atoms with Crippen molar-refractivity contribution in [2.45, 2.75) is 12.6 Å². The van der Waals surface area contributed by atoms with Gasteiger partial charge in [-0.25, -0.2) is 8.42 Å². The number of hydrogen-bond acceptors (Lipinski definition) is 3. The highest BCUT2D eigenvalue weighted by Crippen LogP contribution is 2.34. The Bertz CT molecular complexity index is 884. The number of benzene rings is 2. The Hall–Kier alpha value is -2.39. The van der Waals surface area contributed by atoms with Gasteiger partial charge in [0.05, 0.1) is 24.1 Å². The molecule has 0 aliphatic heterocycles. The number of anilines is 1. The first-order valence-corrected chi connectivity index (χ1v) is 9.87. The lowest BCUT2D eigenvalue weighted by atomic mass is 10.1. The summed E-state index contributed by atoms with van der Waals surface area (Å²) in [7, 11) is -3.71. The van der Waals surface area contributed by atoms with Crippen LogP contribution in [-0.4, -0.2) is 38.0 Å². The van der Waals surface area contributed by atoms with Crippen molar-refractivity contribution < 1.29 is 26.4 Å². The van der Waals surface area contributed by atoms with E-state index in [9.17, 15) is 26.4 Å².